The summed E-state index contributed by atoms with van der Waals surface area (Å²) in [6.45, 7) is 4.12. The maximum absolute atomic E-state index is 11.6. The number of ether oxygens (including phenoxy) is 1. The zero-order chi connectivity index (χ0) is 10.1. The van der Waals surface area contributed by atoms with E-state index in [4.69, 9.17) is 4.74 Å². The van der Waals surface area contributed by atoms with Crippen LogP contribution in [0.1, 0.15) is 20.3 Å². The number of carbonyl (C=O) groups is 1. The molecule has 0 fully saturated rings. The van der Waals surface area contributed by atoms with Gasteiger partial charge in [0.2, 0.25) is 0 Å². The van der Waals surface area contributed by atoms with Gasteiger partial charge in [0.1, 0.15) is 6.10 Å². The van der Waals surface area contributed by atoms with E-state index in [0.29, 0.717) is 0 Å². The van der Waals surface area contributed by atoms with Crippen LogP contribution in [-0.2, 0) is 9.53 Å². The first-order valence-corrected chi connectivity index (χ1v) is 4.97. The van der Waals surface area contributed by atoms with E-state index in [1.165, 1.54) is 17.9 Å². The fraction of sp³-hybridized carbons (Fsp3) is 0.417. The Hall–Kier alpha value is -1.31. The van der Waals surface area contributed by atoms with E-state index >= 15 is 0 Å². The number of rotatable bonds is 1. The number of carbonyl (C=O) groups excluding carboxylic acids is 1. The average Bonchev–Trinajstić information content (AvgIpc) is 2.18. The minimum absolute atomic E-state index is 0.0544. The van der Waals surface area contributed by atoms with E-state index in [1.54, 1.807) is 0 Å². The van der Waals surface area contributed by atoms with Gasteiger partial charge in [-0.3, -0.25) is 4.79 Å². The van der Waals surface area contributed by atoms with Gasteiger partial charge in [-0.15, -0.1) is 0 Å². The molecule has 1 heterocycles. The summed E-state index contributed by atoms with van der Waals surface area (Å²) in [5.41, 5.74) is 2.38. The number of fused-ring (bicyclic) bond motifs is 1. The van der Waals surface area contributed by atoms with Crippen molar-refractivity contribution in [1.82, 2.24) is 0 Å². The van der Waals surface area contributed by atoms with E-state index in [9.17, 15) is 4.79 Å². The van der Waals surface area contributed by atoms with Gasteiger partial charge in [0.05, 0.1) is 12.2 Å². The molecule has 1 aliphatic heterocycles. The quantitative estimate of drug-likeness (QED) is 0.634. The van der Waals surface area contributed by atoms with Crippen LogP contribution in [0.2, 0.25) is 0 Å². The van der Waals surface area contributed by atoms with Crippen LogP contribution in [0.3, 0.4) is 0 Å². The van der Waals surface area contributed by atoms with Crippen molar-refractivity contribution in [2.75, 3.05) is 0 Å². The molecule has 0 bridgehead atoms. The lowest BCUT2D eigenvalue weighted by atomic mass is 9.83. The van der Waals surface area contributed by atoms with Gasteiger partial charge in [0.15, 0.2) is 5.78 Å². The van der Waals surface area contributed by atoms with Gasteiger partial charge in [-0.2, -0.15) is 0 Å². The molecule has 0 aromatic rings. The second kappa shape index (κ2) is 3.45. The summed E-state index contributed by atoms with van der Waals surface area (Å²) in [4.78, 5) is 11.6. The van der Waals surface area contributed by atoms with Crippen molar-refractivity contribution < 1.29 is 9.53 Å². The molecule has 2 nitrogen and oxygen atoms in total. The predicted octanol–water partition coefficient (Wildman–Crippen LogP) is 2.38. The second-order valence-corrected chi connectivity index (χ2v) is 3.77. The first-order chi connectivity index (χ1) is 6.72. The Morgan fingerprint density at radius 3 is 3.00 bits per heavy atom. The molecule has 0 saturated carbocycles. The molecule has 0 saturated heterocycles. The van der Waals surface area contributed by atoms with Crippen molar-refractivity contribution in [1.29, 1.82) is 0 Å². The van der Waals surface area contributed by atoms with Gasteiger partial charge >= 0.3 is 0 Å². The van der Waals surface area contributed by atoms with Gasteiger partial charge < -0.3 is 4.74 Å². The fourth-order valence-corrected chi connectivity index (χ4v) is 2.03. The summed E-state index contributed by atoms with van der Waals surface area (Å²) in [5.74, 6) is 0.0552. The Balaban J connectivity index is 2.37. The topological polar surface area (TPSA) is 26.3 Å². The molecule has 0 spiro atoms. The molecule has 2 atom stereocenters. The Morgan fingerprint density at radius 2 is 2.29 bits per heavy atom. The lowest BCUT2D eigenvalue weighted by Gasteiger charge is -2.30. The maximum atomic E-state index is 11.6. The zero-order valence-corrected chi connectivity index (χ0v) is 8.49. The molecule has 0 aromatic heterocycles. The van der Waals surface area contributed by atoms with Crippen molar-refractivity contribution in [3.63, 3.8) is 0 Å². The SMILES string of the molecule is CCC1=CC(C)=CC2C(=O)C=COC12. The van der Waals surface area contributed by atoms with Crippen LogP contribution in [-0.4, -0.2) is 11.9 Å². The molecule has 0 N–H and O–H groups in total. The highest BCUT2D eigenvalue weighted by atomic mass is 16.5. The molecule has 0 radical (unpaired) electrons. The van der Waals surface area contributed by atoms with Crippen LogP contribution >= 0.6 is 0 Å². The Labute approximate surface area is 83.9 Å². The van der Waals surface area contributed by atoms with Crippen molar-refractivity contribution >= 4 is 5.78 Å². The van der Waals surface area contributed by atoms with Gasteiger partial charge in [-0.05, 0) is 18.9 Å². The molecule has 14 heavy (non-hydrogen) atoms. The van der Waals surface area contributed by atoms with Crippen molar-refractivity contribution in [2.45, 2.75) is 26.4 Å². The number of hydrogen-bond donors (Lipinski definition) is 0. The lowest BCUT2D eigenvalue weighted by Crippen LogP contribution is -2.33. The summed E-state index contributed by atoms with van der Waals surface area (Å²) >= 11 is 0. The molecular weight excluding hydrogens is 176 g/mol. The molecule has 2 aliphatic rings. The second-order valence-electron chi connectivity index (χ2n) is 3.77. The van der Waals surface area contributed by atoms with Gasteiger partial charge in [-0.25, -0.2) is 0 Å². The molecule has 74 valence electrons. The first kappa shape index (κ1) is 9.25. The van der Waals surface area contributed by atoms with Crippen LogP contribution in [0, 0.1) is 5.92 Å². The van der Waals surface area contributed by atoms with E-state index in [1.807, 2.05) is 13.0 Å². The predicted molar refractivity (Wildman–Crippen MR) is 54.6 cm³/mol. The fourth-order valence-electron chi connectivity index (χ4n) is 2.03. The van der Waals surface area contributed by atoms with E-state index in [-0.39, 0.29) is 17.8 Å². The first-order valence-electron chi connectivity index (χ1n) is 4.97. The van der Waals surface area contributed by atoms with E-state index < -0.39 is 0 Å². The number of hydrogen-bond acceptors (Lipinski definition) is 2. The van der Waals surface area contributed by atoms with Crippen LogP contribution in [0.15, 0.2) is 35.6 Å². The molecular formula is C12H14O2. The summed E-state index contributed by atoms with van der Waals surface area (Å²) in [5, 5.41) is 0. The highest BCUT2D eigenvalue weighted by Crippen LogP contribution is 2.31. The van der Waals surface area contributed by atoms with Crippen LogP contribution in [0.5, 0.6) is 0 Å². The van der Waals surface area contributed by atoms with Crippen LogP contribution in [0.25, 0.3) is 0 Å². The molecule has 1 aliphatic carbocycles. The van der Waals surface area contributed by atoms with Gasteiger partial charge in [0.25, 0.3) is 0 Å². The molecule has 0 aromatic carbocycles. The molecule has 0 amide bonds. The minimum Gasteiger partial charge on any atom is -0.492 e. The minimum atomic E-state index is -0.0973. The van der Waals surface area contributed by atoms with Crippen LogP contribution < -0.4 is 0 Å². The summed E-state index contributed by atoms with van der Waals surface area (Å²) in [6, 6.07) is 0. The highest BCUT2D eigenvalue weighted by molar-refractivity contribution is 5.94. The normalized spacial score (nSPS) is 30.3. The molecule has 2 heteroatoms. The third-order valence-electron chi connectivity index (χ3n) is 2.74. The standard InChI is InChI=1S/C12H14O2/c1-3-9-6-8(2)7-10-11(13)4-5-14-12(9)10/h4-7,10,12H,3H2,1-2H3. The highest BCUT2D eigenvalue weighted by Gasteiger charge is 2.33. The molecule has 2 unspecified atom stereocenters. The van der Waals surface area contributed by atoms with Gasteiger partial charge in [0, 0.05) is 6.08 Å². The summed E-state index contributed by atoms with van der Waals surface area (Å²) in [7, 11) is 0. The Kier molecular flexibility index (Phi) is 2.28. The third kappa shape index (κ3) is 1.41. The largest absolute Gasteiger partial charge is 0.492 e. The third-order valence-corrected chi connectivity index (χ3v) is 2.74. The monoisotopic (exact) mass is 190 g/mol. The maximum Gasteiger partial charge on any atom is 0.169 e. The molecule has 2 rings (SSSR count). The van der Waals surface area contributed by atoms with Crippen molar-refractivity contribution in [3.8, 4) is 0 Å². The smallest absolute Gasteiger partial charge is 0.169 e. The van der Waals surface area contributed by atoms with Crippen molar-refractivity contribution in [3.05, 3.63) is 35.6 Å². The zero-order valence-electron chi connectivity index (χ0n) is 8.49. The Morgan fingerprint density at radius 1 is 1.50 bits per heavy atom. The van der Waals surface area contributed by atoms with Crippen LogP contribution in [0.4, 0.5) is 0 Å². The summed E-state index contributed by atoms with van der Waals surface area (Å²) in [6.07, 6.45) is 8.03. The number of allylic oxidation sites excluding steroid dienone is 3. The average molecular weight is 190 g/mol. The van der Waals surface area contributed by atoms with E-state index in [0.717, 1.165) is 12.0 Å². The van der Waals surface area contributed by atoms with Crippen molar-refractivity contribution in [2.24, 2.45) is 5.92 Å². The summed E-state index contributed by atoms with van der Waals surface area (Å²) < 4.78 is 5.49. The Bertz CT molecular complexity index is 347. The lowest BCUT2D eigenvalue weighted by molar-refractivity contribution is -0.120. The van der Waals surface area contributed by atoms with Gasteiger partial charge in [-0.1, -0.05) is 24.6 Å². The van der Waals surface area contributed by atoms with E-state index in [2.05, 4.69) is 13.0 Å². The number of ketones is 1.